The Morgan fingerprint density at radius 1 is 1.20 bits per heavy atom. The minimum absolute atomic E-state index is 0.0631. The van der Waals surface area contributed by atoms with Crippen molar-refractivity contribution in [3.8, 4) is 0 Å². The van der Waals surface area contributed by atoms with Crippen LogP contribution in [0.25, 0.3) is 0 Å². The number of hydrogen-bond acceptors (Lipinski definition) is 4. The average Bonchev–Trinajstić information content (AvgIpc) is 2.76. The first kappa shape index (κ1) is 22.3. The number of aromatic nitrogens is 1. The summed E-state index contributed by atoms with van der Waals surface area (Å²) in [6.07, 6.45) is 8.42. The molecular formula is C25H35N3O2. The Balaban J connectivity index is 1.48. The number of carbonyl (C=O) groups is 1. The lowest BCUT2D eigenvalue weighted by Gasteiger charge is -2.32. The van der Waals surface area contributed by atoms with Gasteiger partial charge in [0.15, 0.2) is 0 Å². The Morgan fingerprint density at radius 2 is 2.00 bits per heavy atom. The van der Waals surface area contributed by atoms with Gasteiger partial charge in [0.25, 0.3) is 5.91 Å². The number of rotatable bonds is 9. The average molecular weight is 410 g/mol. The second kappa shape index (κ2) is 11.1. The summed E-state index contributed by atoms with van der Waals surface area (Å²) in [4.78, 5) is 19.6. The van der Waals surface area contributed by atoms with Crippen molar-refractivity contribution < 1.29 is 9.90 Å². The number of pyridine rings is 1. The molecule has 5 nitrogen and oxygen atoms in total. The summed E-state index contributed by atoms with van der Waals surface area (Å²) in [7, 11) is 0. The van der Waals surface area contributed by atoms with Crippen molar-refractivity contribution in [3.05, 3.63) is 58.8 Å². The van der Waals surface area contributed by atoms with Crippen LogP contribution in [0.3, 0.4) is 0 Å². The first-order valence-electron chi connectivity index (χ1n) is 11.3. The third-order valence-corrected chi connectivity index (χ3v) is 6.22. The number of aliphatic hydroxyl groups is 1. The van der Waals surface area contributed by atoms with E-state index in [1.165, 1.54) is 25.7 Å². The van der Waals surface area contributed by atoms with E-state index in [2.05, 4.69) is 34.3 Å². The van der Waals surface area contributed by atoms with E-state index in [9.17, 15) is 4.79 Å². The van der Waals surface area contributed by atoms with E-state index < -0.39 is 0 Å². The number of nitrogens with one attached hydrogen (secondary N) is 1. The van der Waals surface area contributed by atoms with Crippen molar-refractivity contribution in [2.24, 2.45) is 5.92 Å². The molecule has 0 atom stereocenters. The van der Waals surface area contributed by atoms with Crippen molar-refractivity contribution in [3.63, 3.8) is 0 Å². The largest absolute Gasteiger partial charge is 0.396 e. The maximum absolute atomic E-state index is 12.5. The van der Waals surface area contributed by atoms with Gasteiger partial charge in [-0.1, -0.05) is 38.0 Å². The smallest absolute Gasteiger partial charge is 0.251 e. The van der Waals surface area contributed by atoms with E-state index in [0.717, 1.165) is 47.9 Å². The molecule has 1 aliphatic heterocycles. The van der Waals surface area contributed by atoms with Gasteiger partial charge < -0.3 is 15.3 Å². The van der Waals surface area contributed by atoms with Crippen LogP contribution in [0.2, 0.25) is 0 Å². The molecule has 0 radical (unpaired) electrons. The molecule has 0 bridgehead atoms. The topological polar surface area (TPSA) is 65.5 Å². The van der Waals surface area contributed by atoms with E-state index in [1.807, 2.05) is 31.3 Å². The van der Waals surface area contributed by atoms with Crippen molar-refractivity contribution >= 4 is 11.7 Å². The fourth-order valence-electron chi connectivity index (χ4n) is 4.35. The Bertz CT molecular complexity index is 812. The summed E-state index contributed by atoms with van der Waals surface area (Å²) in [5.41, 5.74) is 3.77. The maximum Gasteiger partial charge on any atom is 0.251 e. The molecule has 30 heavy (non-hydrogen) atoms. The lowest BCUT2D eigenvalue weighted by molar-refractivity contribution is 0.0953. The third kappa shape index (κ3) is 5.82. The van der Waals surface area contributed by atoms with Crippen molar-refractivity contribution in [1.82, 2.24) is 10.3 Å². The molecule has 2 aromatic rings. The van der Waals surface area contributed by atoms with Crippen molar-refractivity contribution in [1.29, 1.82) is 0 Å². The van der Waals surface area contributed by atoms with E-state index in [-0.39, 0.29) is 12.5 Å². The molecule has 1 amide bonds. The van der Waals surface area contributed by atoms with Gasteiger partial charge in [-0.15, -0.1) is 0 Å². The lowest BCUT2D eigenvalue weighted by atomic mass is 9.92. The number of piperidine rings is 1. The molecule has 0 saturated carbocycles. The number of carbonyl (C=O) groups excluding carboxylic acids is 1. The minimum Gasteiger partial charge on any atom is -0.396 e. The molecule has 162 valence electrons. The third-order valence-electron chi connectivity index (χ3n) is 6.22. The molecule has 2 N–H and O–H groups in total. The zero-order valence-electron chi connectivity index (χ0n) is 18.4. The van der Waals surface area contributed by atoms with Crippen LogP contribution in [0.5, 0.6) is 0 Å². The van der Waals surface area contributed by atoms with Gasteiger partial charge in [0, 0.05) is 38.0 Å². The molecule has 1 aliphatic rings. The van der Waals surface area contributed by atoms with E-state index >= 15 is 0 Å². The van der Waals surface area contributed by atoms with Crippen molar-refractivity contribution in [2.45, 2.75) is 52.4 Å². The first-order chi connectivity index (χ1) is 14.6. The van der Waals surface area contributed by atoms with Crippen LogP contribution in [-0.4, -0.2) is 42.2 Å². The highest BCUT2D eigenvalue weighted by atomic mass is 16.3. The number of nitrogens with zero attached hydrogens (tertiary/aromatic N) is 2. The summed E-state index contributed by atoms with van der Waals surface area (Å²) < 4.78 is 0. The molecule has 5 heteroatoms. The van der Waals surface area contributed by atoms with Gasteiger partial charge in [-0.25, -0.2) is 4.98 Å². The van der Waals surface area contributed by atoms with Crippen LogP contribution >= 0.6 is 0 Å². The number of benzene rings is 1. The fraction of sp³-hybridized carbons (Fsp3) is 0.520. The summed E-state index contributed by atoms with van der Waals surface area (Å²) in [5.74, 6) is 1.88. The minimum atomic E-state index is -0.0631. The Kier molecular flexibility index (Phi) is 8.26. The monoisotopic (exact) mass is 409 g/mol. The Labute approximate surface area is 180 Å². The van der Waals surface area contributed by atoms with Crippen LogP contribution in [0, 0.1) is 12.8 Å². The standard InChI is InChI=1S/C25H35N3O2/c1-3-5-20-11-15-28(16-12-20)24-9-8-21(18-27-24)10-14-26-25(30)23-7-4-6-22(13-17-29)19(23)2/h4,6-9,18,20,29H,3,5,10-17H2,1-2H3,(H,26,30). The highest BCUT2D eigenvalue weighted by Crippen LogP contribution is 2.25. The summed E-state index contributed by atoms with van der Waals surface area (Å²) in [6.45, 7) is 7.07. The Morgan fingerprint density at radius 3 is 2.67 bits per heavy atom. The quantitative estimate of drug-likeness (QED) is 0.659. The molecule has 3 rings (SSSR count). The zero-order chi connectivity index (χ0) is 21.3. The second-order valence-electron chi connectivity index (χ2n) is 8.31. The molecule has 1 aromatic carbocycles. The van der Waals surface area contributed by atoms with Gasteiger partial charge >= 0.3 is 0 Å². The number of hydrogen-bond donors (Lipinski definition) is 2. The highest BCUT2D eigenvalue weighted by Gasteiger charge is 2.19. The summed E-state index contributed by atoms with van der Waals surface area (Å²) >= 11 is 0. The number of aliphatic hydroxyl groups excluding tert-OH is 1. The van der Waals surface area contributed by atoms with Crippen molar-refractivity contribution in [2.75, 3.05) is 31.1 Å². The van der Waals surface area contributed by atoms with Crippen LogP contribution < -0.4 is 10.2 Å². The van der Waals surface area contributed by atoms with E-state index in [1.54, 1.807) is 0 Å². The van der Waals surface area contributed by atoms with Crippen LogP contribution in [0.1, 0.15) is 59.7 Å². The predicted octanol–water partition coefficient (Wildman–Crippen LogP) is 3.91. The molecule has 1 aromatic heterocycles. The van der Waals surface area contributed by atoms with Gasteiger partial charge in [-0.2, -0.15) is 0 Å². The second-order valence-corrected chi connectivity index (χ2v) is 8.31. The van der Waals surface area contributed by atoms with Gasteiger partial charge in [-0.05, 0) is 67.3 Å². The van der Waals surface area contributed by atoms with Crippen LogP contribution in [0.4, 0.5) is 5.82 Å². The number of amides is 1. The molecule has 1 saturated heterocycles. The normalized spacial score (nSPS) is 14.7. The number of anilines is 1. The van der Waals surface area contributed by atoms with E-state index in [0.29, 0.717) is 18.5 Å². The SMILES string of the molecule is CCCC1CCN(c2ccc(CCNC(=O)c3cccc(CCO)c3C)cn2)CC1. The van der Waals surface area contributed by atoms with Crippen LogP contribution in [0.15, 0.2) is 36.5 Å². The maximum atomic E-state index is 12.5. The molecule has 0 unspecified atom stereocenters. The Hall–Kier alpha value is -2.40. The van der Waals surface area contributed by atoms with Gasteiger partial charge in [0.2, 0.25) is 0 Å². The van der Waals surface area contributed by atoms with Crippen LogP contribution in [-0.2, 0) is 12.8 Å². The molecular weight excluding hydrogens is 374 g/mol. The van der Waals surface area contributed by atoms with Gasteiger partial charge in [0.05, 0.1) is 0 Å². The molecule has 0 spiro atoms. The van der Waals surface area contributed by atoms with E-state index in [4.69, 9.17) is 5.11 Å². The predicted molar refractivity (Wildman–Crippen MR) is 122 cm³/mol. The summed E-state index contributed by atoms with van der Waals surface area (Å²) in [6, 6.07) is 9.91. The zero-order valence-corrected chi connectivity index (χ0v) is 18.4. The summed E-state index contributed by atoms with van der Waals surface area (Å²) in [5, 5.41) is 12.2. The van der Waals surface area contributed by atoms with Gasteiger partial charge in [0.1, 0.15) is 5.82 Å². The lowest BCUT2D eigenvalue weighted by Crippen LogP contribution is -2.34. The fourth-order valence-corrected chi connectivity index (χ4v) is 4.35. The molecule has 1 fully saturated rings. The molecule has 2 heterocycles. The highest BCUT2D eigenvalue weighted by molar-refractivity contribution is 5.95. The van der Waals surface area contributed by atoms with Gasteiger partial charge in [-0.3, -0.25) is 4.79 Å². The molecule has 0 aliphatic carbocycles. The first-order valence-corrected chi connectivity index (χ1v) is 11.3.